The van der Waals surface area contributed by atoms with E-state index in [9.17, 15) is 9.59 Å². The largest absolute Gasteiger partial charge is 0.454 e. The number of nitrogens with one attached hydrogen (secondary N) is 2. The Morgan fingerprint density at radius 2 is 1.73 bits per heavy atom. The van der Waals surface area contributed by atoms with E-state index in [1.165, 1.54) is 12.8 Å². The summed E-state index contributed by atoms with van der Waals surface area (Å²) in [4.78, 5) is 25.4. The molecule has 6 heteroatoms. The molecular weight excluding hydrogens is 332 g/mol. The molecule has 1 heterocycles. The molecule has 2 aliphatic carbocycles. The summed E-state index contributed by atoms with van der Waals surface area (Å²) in [6, 6.07) is 5.84. The molecule has 2 fully saturated rings. The van der Waals surface area contributed by atoms with Crippen molar-refractivity contribution in [2.75, 3.05) is 6.79 Å². The van der Waals surface area contributed by atoms with Crippen molar-refractivity contribution in [3.05, 3.63) is 23.8 Å². The van der Waals surface area contributed by atoms with Gasteiger partial charge < -0.3 is 20.1 Å². The van der Waals surface area contributed by atoms with E-state index in [0.717, 1.165) is 37.0 Å². The Labute approximate surface area is 153 Å². The maximum absolute atomic E-state index is 12.7. The molecule has 26 heavy (non-hydrogen) atoms. The Balaban J connectivity index is 1.32. The minimum Gasteiger partial charge on any atom is -0.454 e. The Morgan fingerprint density at radius 3 is 2.46 bits per heavy atom. The van der Waals surface area contributed by atoms with Gasteiger partial charge in [0.25, 0.3) is 0 Å². The highest BCUT2D eigenvalue weighted by Crippen LogP contribution is 2.46. The van der Waals surface area contributed by atoms with E-state index in [1.54, 1.807) is 0 Å². The summed E-state index contributed by atoms with van der Waals surface area (Å²) in [6.45, 7) is 0.615. The molecule has 1 aliphatic heterocycles. The summed E-state index contributed by atoms with van der Waals surface area (Å²) in [5.41, 5.74) is 0.0745. The molecular formula is C20H26N2O4. The summed E-state index contributed by atoms with van der Waals surface area (Å²) in [5.74, 6) is 1.17. The van der Waals surface area contributed by atoms with Crippen LogP contribution in [0, 0.1) is 5.41 Å². The van der Waals surface area contributed by atoms with Crippen LogP contribution in [0.2, 0.25) is 0 Å². The lowest BCUT2D eigenvalue weighted by Crippen LogP contribution is -2.46. The summed E-state index contributed by atoms with van der Waals surface area (Å²) < 4.78 is 10.7. The molecule has 0 radical (unpaired) electrons. The summed E-state index contributed by atoms with van der Waals surface area (Å²) in [6.07, 6.45) is 8.14. The van der Waals surface area contributed by atoms with E-state index in [2.05, 4.69) is 10.6 Å². The van der Waals surface area contributed by atoms with Gasteiger partial charge in [0.15, 0.2) is 11.5 Å². The zero-order chi connectivity index (χ0) is 18.0. The highest BCUT2D eigenvalue weighted by molar-refractivity contribution is 6.07. The lowest BCUT2D eigenvalue weighted by molar-refractivity contribution is -0.137. The monoisotopic (exact) mass is 358 g/mol. The van der Waals surface area contributed by atoms with Crippen molar-refractivity contribution >= 4 is 11.8 Å². The number of benzene rings is 1. The normalized spacial score (nSPS) is 20.9. The van der Waals surface area contributed by atoms with E-state index < -0.39 is 5.41 Å². The number of hydrogen-bond acceptors (Lipinski definition) is 4. The molecule has 0 atom stereocenters. The molecule has 0 spiro atoms. The number of ether oxygens (including phenoxy) is 2. The fraction of sp³-hybridized carbons (Fsp3) is 0.600. The van der Waals surface area contributed by atoms with Crippen LogP contribution in [0.1, 0.15) is 56.9 Å². The second-order valence-electron chi connectivity index (χ2n) is 7.61. The van der Waals surface area contributed by atoms with Gasteiger partial charge in [0.05, 0.1) is 0 Å². The third-order valence-electron chi connectivity index (χ3n) is 5.70. The number of carbonyl (C=O) groups is 2. The predicted molar refractivity (Wildman–Crippen MR) is 95.7 cm³/mol. The van der Waals surface area contributed by atoms with Crippen LogP contribution in [0.4, 0.5) is 0 Å². The molecule has 2 saturated carbocycles. The van der Waals surface area contributed by atoms with Crippen molar-refractivity contribution in [3.8, 4) is 11.5 Å². The van der Waals surface area contributed by atoms with E-state index >= 15 is 0 Å². The van der Waals surface area contributed by atoms with Crippen molar-refractivity contribution in [2.45, 2.75) is 64.0 Å². The van der Waals surface area contributed by atoms with Crippen molar-refractivity contribution in [1.82, 2.24) is 10.6 Å². The summed E-state index contributed by atoms with van der Waals surface area (Å²) in [5, 5.41) is 6.07. The average molecular weight is 358 g/mol. The standard InChI is InChI=1S/C20H26N2O4/c23-18(21-12-14-7-8-16-17(11-14)26-13-25-16)20(9-10-20)19(24)22-15-5-3-1-2-4-6-15/h7-8,11,15H,1-6,9-10,12-13H2,(H,21,23)(H,22,24). The number of hydrogen-bond donors (Lipinski definition) is 2. The number of fused-ring (bicyclic) bond motifs is 1. The van der Waals surface area contributed by atoms with E-state index in [-0.39, 0.29) is 24.6 Å². The van der Waals surface area contributed by atoms with Gasteiger partial charge in [0.2, 0.25) is 18.6 Å². The van der Waals surface area contributed by atoms with Crippen LogP contribution in [-0.2, 0) is 16.1 Å². The molecule has 2 amide bonds. The fourth-order valence-electron chi connectivity index (χ4n) is 3.83. The number of rotatable bonds is 5. The molecule has 1 aromatic carbocycles. The van der Waals surface area contributed by atoms with Crippen LogP contribution in [0.15, 0.2) is 18.2 Å². The van der Waals surface area contributed by atoms with Crippen molar-refractivity contribution in [2.24, 2.45) is 5.41 Å². The highest BCUT2D eigenvalue weighted by atomic mass is 16.7. The van der Waals surface area contributed by atoms with Crippen LogP contribution in [-0.4, -0.2) is 24.6 Å². The van der Waals surface area contributed by atoms with E-state index in [0.29, 0.717) is 25.1 Å². The van der Waals surface area contributed by atoms with Crippen molar-refractivity contribution in [3.63, 3.8) is 0 Å². The Morgan fingerprint density at radius 1 is 1.00 bits per heavy atom. The van der Waals surface area contributed by atoms with Gasteiger partial charge in [-0.3, -0.25) is 9.59 Å². The van der Waals surface area contributed by atoms with Crippen molar-refractivity contribution < 1.29 is 19.1 Å². The van der Waals surface area contributed by atoms with Gasteiger partial charge in [-0.15, -0.1) is 0 Å². The van der Waals surface area contributed by atoms with E-state index in [1.807, 2.05) is 18.2 Å². The van der Waals surface area contributed by atoms with Gasteiger partial charge in [-0.1, -0.05) is 31.7 Å². The zero-order valence-corrected chi connectivity index (χ0v) is 15.0. The van der Waals surface area contributed by atoms with E-state index in [4.69, 9.17) is 9.47 Å². The molecule has 3 aliphatic rings. The smallest absolute Gasteiger partial charge is 0.235 e. The number of amides is 2. The molecule has 140 valence electrons. The predicted octanol–water partition coefficient (Wildman–Crippen LogP) is 2.65. The molecule has 0 unspecified atom stereocenters. The Hall–Kier alpha value is -2.24. The second kappa shape index (κ2) is 7.17. The maximum Gasteiger partial charge on any atom is 0.235 e. The third-order valence-corrected chi connectivity index (χ3v) is 5.70. The second-order valence-corrected chi connectivity index (χ2v) is 7.61. The van der Waals surface area contributed by atoms with Crippen LogP contribution in [0.25, 0.3) is 0 Å². The van der Waals surface area contributed by atoms with Gasteiger partial charge in [-0.05, 0) is 43.4 Å². The summed E-state index contributed by atoms with van der Waals surface area (Å²) in [7, 11) is 0. The third kappa shape index (κ3) is 3.50. The Kier molecular flexibility index (Phi) is 4.74. The quantitative estimate of drug-likeness (QED) is 0.627. The van der Waals surface area contributed by atoms with Gasteiger partial charge >= 0.3 is 0 Å². The minimum absolute atomic E-state index is 0.0902. The fourth-order valence-corrected chi connectivity index (χ4v) is 3.83. The first kappa shape index (κ1) is 17.2. The van der Waals surface area contributed by atoms with Crippen molar-refractivity contribution in [1.29, 1.82) is 0 Å². The first-order valence-corrected chi connectivity index (χ1v) is 9.65. The lowest BCUT2D eigenvalue weighted by Gasteiger charge is -2.21. The van der Waals surface area contributed by atoms with Crippen LogP contribution in [0.3, 0.4) is 0 Å². The molecule has 0 aromatic heterocycles. The number of carbonyl (C=O) groups excluding carboxylic acids is 2. The first-order valence-electron chi connectivity index (χ1n) is 9.65. The molecule has 4 rings (SSSR count). The molecule has 0 bridgehead atoms. The van der Waals surface area contributed by atoms with Crippen LogP contribution in [0.5, 0.6) is 11.5 Å². The Bertz CT molecular complexity index is 691. The topological polar surface area (TPSA) is 76.7 Å². The van der Waals surface area contributed by atoms with Gasteiger partial charge in [0.1, 0.15) is 5.41 Å². The lowest BCUT2D eigenvalue weighted by atomic mass is 10.0. The average Bonchev–Trinajstić information content (AvgIpc) is 3.39. The molecule has 2 N–H and O–H groups in total. The molecule has 1 aromatic rings. The summed E-state index contributed by atoms with van der Waals surface area (Å²) >= 11 is 0. The first-order chi connectivity index (χ1) is 12.7. The van der Waals surface area contributed by atoms with Crippen LogP contribution >= 0.6 is 0 Å². The van der Waals surface area contributed by atoms with Gasteiger partial charge in [0, 0.05) is 12.6 Å². The SMILES string of the molecule is O=C(NCc1ccc2c(c1)OCO2)C1(C(=O)NC2CCCCCC2)CC1. The van der Waals surface area contributed by atoms with Gasteiger partial charge in [-0.25, -0.2) is 0 Å². The highest BCUT2D eigenvalue weighted by Gasteiger charge is 2.56. The van der Waals surface area contributed by atoms with Gasteiger partial charge in [-0.2, -0.15) is 0 Å². The maximum atomic E-state index is 12.7. The minimum atomic E-state index is -0.858. The van der Waals surface area contributed by atoms with Crippen LogP contribution < -0.4 is 20.1 Å². The molecule has 6 nitrogen and oxygen atoms in total. The zero-order valence-electron chi connectivity index (χ0n) is 15.0. The molecule has 0 saturated heterocycles.